The van der Waals surface area contributed by atoms with Gasteiger partial charge in [-0.2, -0.15) is 10.5 Å². The molecule has 0 fully saturated rings. The summed E-state index contributed by atoms with van der Waals surface area (Å²) in [6.07, 6.45) is 1.53. The minimum absolute atomic E-state index is 0.246. The van der Waals surface area contributed by atoms with Crippen molar-refractivity contribution in [3.05, 3.63) is 83.7 Å². The van der Waals surface area contributed by atoms with Crippen molar-refractivity contribution < 1.29 is 4.79 Å². The van der Waals surface area contributed by atoms with E-state index in [2.05, 4.69) is 21.7 Å². The fourth-order valence-electron chi connectivity index (χ4n) is 2.29. The van der Waals surface area contributed by atoms with Gasteiger partial charge >= 0.3 is 0 Å². The summed E-state index contributed by atoms with van der Waals surface area (Å²) in [4.78, 5) is 16.5. The molecule has 0 saturated carbocycles. The lowest BCUT2D eigenvalue weighted by Gasteiger charge is -2.09. The minimum Gasteiger partial charge on any atom is -0.355 e. The Hall–Kier alpha value is -4.16. The summed E-state index contributed by atoms with van der Waals surface area (Å²) >= 11 is 0. The lowest BCUT2D eigenvalue weighted by molar-refractivity contribution is 0.102. The summed E-state index contributed by atoms with van der Waals surface area (Å²) in [5, 5.41) is 23.6. The number of hydrogen-bond acceptors (Lipinski definition) is 5. The third-order valence-electron chi connectivity index (χ3n) is 3.54. The predicted molar refractivity (Wildman–Crippen MR) is 97.8 cm³/mol. The molecule has 0 aliphatic rings. The third kappa shape index (κ3) is 4.02. The van der Waals surface area contributed by atoms with Crippen molar-refractivity contribution in [2.24, 2.45) is 0 Å². The summed E-state index contributed by atoms with van der Waals surface area (Å²) < 4.78 is 0. The summed E-state index contributed by atoms with van der Waals surface area (Å²) in [5.41, 5.74) is 3.32. The van der Waals surface area contributed by atoms with Gasteiger partial charge in [0, 0.05) is 23.3 Å². The van der Waals surface area contributed by atoms with E-state index in [1.807, 2.05) is 12.1 Å². The van der Waals surface area contributed by atoms with Crippen LogP contribution in [0.15, 0.2) is 66.9 Å². The van der Waals surface area contributed by atoms with E-state index in [0.29, 0.717) is 22.5 Å². The van der Waals surface area contributed by atoms with Crippen LogP contribution in [-0.4, -0.2) is 10.9 Å². The Morgan fingerprint density at radius 2 is 1.58 bits per heavy atom. The van der Waals surface area contributed by atoms with Gasteiger partial charge in [0.25, 0.3) is 5.91 Å². The Labute approximate surface area is 150 Å². The van der Waals surface area contributed by atoms with E-state index in [0.717, 1.165) is 5.69 Å². The predicted octanol–water partition coefficient (Wildman–Crippen LogP) is 3.82. The fourth-order valence-corrected chi connectivity index (χ4v) is 2.29. The van der Waals surface area contributed by atoms with Crippen LogP contribution < -0.4 is 10.6 Å². The summed E-state index contributed by atoms with van der Waals surface area (Å²) in [7, 11) is 0. The SMILES string of the molecule is N#Cc1ccc(NC(=O)c2cc(Nc3cccc(C#N)c3)ccn2)cc1. The van der Waals surface area contributed by atoms with Gasteiger partial charge in [0.2, 0.25) is 0 Å². The zero-order valence-corrected chi connectivity index (χ0v) is 13.6. The molecule has 1 heterocycles. The number of nitrogens with zero attached hydrogens (tertiary/aromatic N) is 3. The summed E-state index contributed by atoms with van der Waals surface area (Å²) in [6.45, 7) is 0. The zero-order valence-electron chi connectivity index (χ0n) is 13.6. The second-order valence-corrected chi connectivity index (χ2v) is 5.39. The van der Waals surface area contributed by atoms with Gasteiger partial charge in [0.15, 0.2) is 0 Å². The number of anilines is 3. The molecular formula is C20H13N5O. The number of carbonyl (C=O) groups excluding carboxylic acids is 1. The van der Waals surface area contributed by atoms with Gasteiger partial charge in [0.05, 0.1) is 23.3 Å². The number of pyridine rings is 1. The molecule has 3 rings (SSSR count). The molecule has 6 nitrogen and oxygen atoms in total. The molecular weight excluding hydrogens is 326 g/mol. The molecule has 3 aromatic rings. The van der Waals surface area contributed by atoms with Gasteiger partial charge in [0.1, 0.15) is 5.69 Å². The summed E-state index contributed by atoms with van der Waals surface area (Å²) in [5.74, 6) is -0.357. The maximum absolute atomic E-state index is 12.4. The van der Waals surface area contributed by atoms with Crippen molar-refractivity contribution in [1.29, 1.82) is 10.5 Å². The number of hydrogen-bond donors (Lipinski definition) is 2. The van der Waals surface area contributed by atoms with Gasteiger partial charge in [-0.3, -0.25) is 9.78 Å². The first-order chi connectivity index (χ1) is 12.7. The average Bonchev–Trinajstić information content (AvgIpc) is 2.69. The number of nitriles is 2. The van der Waals surface area contributed by atoms with E-state index in [1.54, 1.807) is 54.6 Å². The van der Waals surface area contributed by atoms with E-state index in [1.165, 1.54) is 6.20 Å². The van der Waals surface area contributed by atoms with Gasteiger partial charge in [-0.05, 0) is 54.6 Å². The van der Waals surface area contributed by atoms with Gasteiger partial charge in [-0.25, -0.2) is 0 Å². The number of rotatable bonds is 4. The quantitative estimate of drug-likeness (QED) is 0.752. The molecule has 0 unspecified atom stereocenters. The molecule has 2 N–H and O–H groups in total. The number of carbonyl (C=O) groups is 1. The van der Waals surface area contributed by atoms with Gasteiger partial charge in [-0.1, -0.05) is 6.07 Å². The van der Waals surface area contributed by atoms with E-state index in [4.69, 9.17) is 10.5 Å². The monoisotopic (exact) mass is 339 g/mol. The number of benzene rings is 2. The highest BCUT2D eigenvalue weighted by Crippen LogP contribution is 2.18. The van der Waals surface area contributed by atoms with Gasteiger partial charge < -0.3 is 10.6 Å². The highest BCUT2D eigenvalue weighted by atomic mass is 16.1. The first kappa shape index (κ1) is 16.7. The molecule has 0 saturated heterocycles. The lowest BCUT2D eigenvalue weighted by Crippen LogP contribution is -2.13. The Bertz CT molecular complexity index is 1030. The second-order valence-electron chi connectivity index (χ2n) is 5.39. The maximum Gasteiger partial charge on any atom is 0.274 e. The van der Waals surface area contributed by atoms with Crippen molar-refractivity contribution in [1.82, 2.24) is 4.98 Å². The molecule has 1 aromatic heterocycles. The van der Waals surface area contributed by atoms with E-state index in [-0.39, 0.29) is 11.6 Å². The van der Waals surface area contributed by atoms with Crippen molar-refractivity contribution in [2.45, 2.75) is 0 Å². The zero-order chi connectivity index (χ0) is 18.4. The van der Waals surface area contributed by atoms with E-state index < -0.39 is 0 Å². The highest BCUT2D eigenvalue weighted by Gasteiger charge is 2.09. The largest absolute Gasteiger partial charge is 0.355 e. The Kier molecular flexibility index (Phi) is 4.88. The standard InChI is InChI=1S/C20H13N5O/c21-12-14-4-6-16(7-5-14)25-20(26)19-11-18(8-9-23-19)24-17-3-1-2-15(10-17)13-22/h1-11H,(H,23,24)(H,25,26). The molecule has 0 aliphatic heterocycles. The molecule has 0 radical (unpaired) electrons. The summed E-state index contributed by atoms with van der Waals surface area (Å²) in [6, 6.07) is 21.1. The molecule has 2 aromatic carbocycles. The third-order valence-corrected chi connectivity index (χ3v) is 3.54. The number of nitrogens with one attached hydrogen (secondary N) is 2. The first-order valence-corrected chi connectivity index (χ1v) is 7.73. The molecule has 6 heteroatoms. The number of amides is 1. The minimum atomic E-state index is -0.357. The van der Waals surface area contributed by atoms with E-state index >= 15 is 0 Å². The fraction of sp³-hybridized carbons (Fsp3) is 0. The van der Waals surface area contributed by atoms with E-state index in [9.17, 15) is 4.79 Å². The van der Waals surface area contributed by atoms with Crippen LogP contribution in [0.1, 0.15) is 21.6 Å². The van der Waals surface area contributed by atoms with Crippen molar-refractivity contribution in [3.8, 4) is 12.1 Å². The van der Waals surface area contributed by atoms with Crippen LogP contribution in [0.2, 0.25) is 0 Å². The normalized spacial score (nSPS) is 9.62. The van der Waals surface area contributed by atoms with Crippen LogP contribution in [0.25, 0.3) is 0 Å². The van der Waals surface area contributed by atoms with Crippen LogP contribution >= 0.6 is 0 Å². The number of aromatic nitrogens is 1. The van der Waals surface area contributed by atoms with Crippen LogP contribution in [0, 0.1) is 22.7 Å². The van der Waals surface area contributed by atoms with Crippen molar-refractivity contribution >= 4 is 23.0 Å². The highest BCUT2D eigenvalue weighted by molar-refractivity contribution is 6.03. The smallest absolute Gasteiger partial charge is 0.274 e. The molecule has 0 aliphatic carbocycles. The molecule has 0 bridgehead atoms. The Morgan fingerprint density at radius 3 is 2.31 bits per heavy atom. The Balaban J connectivity index is 1.74. The molecule has 0 spiro atoms. The van der Waals surface area contributed by atoms with Crippen molar-refractivity contribution in [2.75, 3.05) is 10.6 Å². The molecule has 124 valence electrons. The van der Waals surface area contributed by atoms with Crippen LogP contribution in [-0.2, 0) is 0 Å². The molecule has 26 heavy (non-hydrogen) atoms. The van der Waals surface area contributed by atoms with Gasteiger partial charge in [-0.15, -0.1) is 0 Å². The second kappa shape index (κ2) is 7.61. The topological polar surface area (TPSA) is 102 Å². The molecule has 0 atom stereocenters. The lowest BCUT2D eigenvalue weighted by atomic mass is 10.2. The van der Waals surface area contributed by atoms with Crippen LogP contribution in [0.4, 0.5) is 17.1 Å². The van der Waals surface area contributed by atoms with Crippen LogP contribution in [0.5, 0.6) is 0 Å². The van der Waals surface area contributed by atoms with Crippen LogP contribution in [0.3, 0.4) is 0 Å². The van der Waals surface area contributed by atoms with Crippen molar-refractivity contribution in [3.63, 3.8) is 0 Å². The Morgan fingerprint density at radius 1 is 0.846 bits per heavy atom. The molecule has 1 amide bonds. The average molecular weight is 339 g/mol. The maximum atomic E-state index is 12.4. The first-order valence-electron chi connectivity index (χ1n) is 7.73.